The molecule has 8 nitrogen and oxygen atoms in total. The molecule has 1 aliphatic heterocycles. The molecular formula is C22H25N3O5S. The summed E-state index contributed by atoms with van der Waals surface area (Å²) in [7, 11) is -4.08. The van der Waals surface area contributed by atoms with E-state index in [0.717, 1.165) is 20.6 Å². The third-order valence-corrected chi connectivity index (χ3v) is 6.36. The van der Waals surface area contributed by atoms with Crippen molar-refractivity contribution in [2.24, 2.45) is 11.3 Å². The Kier molecular flexibility index (Phi) is 5.96. The van der Waals surface area contributed by atoms with Crippen LogP contribution in [-0.4, -0.2) is 26.8 Å². The van der Waals surface area contributed by atoms with E-state index in [0.29, 0.717) is 12.8 Å². The number of nitriles is 1. The molecule has 1 heterocycles. The van der Waals surface area contributed by atoms with Crippen LogP contribution >= 0.6 is 0 Å². The molecule has 3 rings (SSSR count). The van der Waals surface area contributed by atoms with Crippen LogP contribution in [0.15, 0.2) is 30.3 Å². The van der Waals surface area contributed by atoms with Crippen molar-refractivity contribution in [1.82, 2.24) is 4.72 Å². The Morgan fingerprint density at radius 3 is 2.55 bits per heavy atom. The number of hydrogen-bond donors (Lipinski definition) is 1. The molecule has 1 saturated heterocycles. The van der Waals surface area contributed by atoms with Crippen molar-refractivity contribution in [3.63, 3.8) is 0 Å². The number of ether oxygens (including phenoxy) is 1. The molecular weight excluding hydrogens is 418 g/mol. The number of esters is 1. The molecule has 0 saturated carbocycles. The van der Waals surface area contributed by atoms with Crippen molar-refractivity contribution < 1.29 is 22.7 Å². The summed E-state index contributed by atoms with van der Waals surface area (Å²) in [6.45, 7) is 6.55. The lowest BCUT2D eigenvalue weighted by molar-refractivity contribution is -0.142. The number of carbonyl (C=O) groups excluding carboxylic acids is 2. The summed E-state index contributed by atoms with van der Waals surface area (Å²) < 4.78 is 33.3. The molecule has 0 radical (unpaired) electrons. The SMILES string of the molecule is CC(C#N)CCc1ccc2cc(OC(=O)C(C)(C)C)c(N3CC(=O)NS3(=O)=O)cc2c1. The Morgan fingerprint density at radius 1 is 1.26 bits per heavy atom. The maximum atomic E-state index is 12.5. The van der Waals surface area contributed by atoms with Gasteiger partial charge in [0.25, 0.3) is 5.91 Å². The summed E-state index contributed by atoms with van der Waals surface area (Å²) in [5.41, 5.74) is 0.315. The first kappa shape index (κ1) is 22.6. The summed E-state index contributed by atoms with van der Waals surface area (Å²) in [4.78, 5) is 24.3. The molecule has 1 amide bonds. The molecule has 1 atom stereocenters. The fraction of sp³-hybridized carbons (Fsp3) is 0.409. The van der Waals surface area contributed by atoms with E-state index in [4.69, 9.17) is 10.00 Å². The lowest BCUT2D eigenvalue weighted by Crippen LogP contribution is -2.31. The largest absolute Gasteiger partial charge is 0.424 e. The molecule has 2 aromatic carbocycles. The van der Waals surface area contributed by atoms with Crippen molar-refractivity contribution in [3.8, 4) is 11.8 Å². The zero-order chi connectivity index (χ0) is 23.0. The standard InChI is InChI=1S/C22H25N3O5S/c1-14(12-23)5-6-15-7-8-16-11-19(30-21(27)22(2,3)4)18(10-17(16)9-15)25-13-20(26)24-31(25,28)29/h7-11,14H,5-6,13H2,1-4H3,(H,24,26). The molecule has 0 bridgehead atoms. The number of hydrogen-bond acceptors (Lipinski definition) is 6. The predicted molar refractivity (Wildman–Crippen MR) is 117 cm³/mol. The number of amides is 1. The number of nitrogens with zero attached hydrogens (tertiary/aromatic N) is 2. The number of fused-ring (bicyclic) bond motifs is 1. The monoisotopic (exact) mass is 443 g/mol. The molecule has 0 spiro atoms. The van der Waals surface area contributed by atoms with Gasteiger partial charge in [-0.05, 0) is 69.0 Å². The Labute approximate surface area is 182 Å². The van der Waals surface area contributed by atoms with Gasteiger partial charge in [-0.3, -0.25) is 9.59 Å². The van der Waals surface area contributed by atoms with Crippen LogP contribution in [0.5, 0.6) is 5.75 Å². The van der Waals surface area contributed by atoms with Gasteiger partial charge < -0.3 is 4.74 Å². The first-order chi connectivity index (χ1) is 14.4. The number of carbonyl (C=O) groups is 2. The highest BCUT2D eigenvalue weighted by atomic mass is 32.2. The Hall–Kier alpha value is -3.12. The summed E-state index contributed by atoms with van der Waals surface area (Å²) in [5.74, 6) is -1.19. The minimum absolute atomic E-state index is 0.0679. The second-order valence-electron chi connectivity index (χ2n) is 8.75. The summed E-state index contributed by atoms with van der Waals surface area (Å²) in [6.07, 6.45) is 1.40. The molecule has 0 aromatic heterocycles. The Morgan fingerprint density at radius 2 is 1.97 bits per heavy atom. The minimum Gasteiger partial charge on any atom is -0.424 e. The van der Waals surface area contributed by atoms with E-state index in [1.807, 2.05) is 29.8 Å². The van der Waals surface area contributed by atoms with Crippen molar-refractivity contribution in [2.45, 2.75) is 40.5 Å². The highest BCUT2D eigenvalue weighted by Crippen LogP contribution is 2.37. The van der Waals surface area contributed by atoms with E-state index in [2.05, 4.69) is 6.07 Å². The van der Waals surface area contributed by atoms with E-state index in [1.165, 1.54) is 0 Å². The quantitative estimate of drug-likeness (QED) is 0.561. The second kappa shape index (κ2) is 8.19. The van der Waals surface area contributed by atoms with Crippen LogP contribution in [0, 0.1) is 22.7 Å². The normalized spacial score (nSPS) is 16.6. The zero-order valence-corrected chi connectivity index (χ0v) is 18.7. The zero-order valence-electron chi connectivity index (χ0n) is 17.9. The second-order valence-corrected chi connectivity index (χ2v) is 10.3. The maximum absolute atomic E-state index is 12.5. The number of anilines is 1. The molecule has 2 aromatic rings. The minimum atomic E-state index is -4.08. The van der Waals surface area contributed by atoms with Crippen molar-refractivity contribution in [2.75, 3.05) is 10.8 Å². The van der Waals surface area contributed by atoms with Crippen LogP contribution in [0.1, 0.15) is 39.7 Å². The summed E-state index contributed by atoms with van der Waals surface area (Å²) in [5, 5.41) is 10.5. The molecule has 1 N–H and O–H groups in total. The van der Waals surface area contributed by atoms with Gasteiger partial charge in [0.1, 0.15) is 6.54 Å². The number of benzene rings is 2. The fourth-order valence-electron chi connectivity index (χ4n) is 3.11. The van der Waals surface area contributed by atoms with Gasteiger partial charge >= 0.3 is 16.2 Å². The first-order valence-corrected chi connectivity index (χ1v) is 11.4. The van der Waals surface area contributed by atoms with Crippen LogP contribution in [0.2, 0.25) is 0 Å². The van der Waals surface area contributed by atoms with Gasteiger partial charge in [0.2, 0.25) is 0 Å². The highest BCUT2D eigenvalue weighted by molar-refractivity contribution is 7.92. The van der Waals surface area contributed by atoms with Crippen molar-refractivity contribution >= 4 is 38.5 Å². The Bertz CT molecular complexity index is 1190. The molecule has 164 valence electrons. The number of rotatable bonds is 5. The maximum Gasteiger partial charge on any atom is 0.326 e. The predicted octanol–water partition coefficient (Wildman–Crippen LogP) is 3.06. The van der Waals surface area contributed by atoms with Crippen LogP contribution in [0.4, 0.5) is 5.69 Å². The van der Waals surface area contributed by atoms with Crippen LogP contribution in [0.3, 0.4) is 0 Å². The molecule has 1 fully saturated rings. The van der Waals surface area contributed by atoms with Crippen molar-refractivity contribution in [3.05, 3.63) is 35.9 Å². The van der Waals surface area contributed by atoms with E-state index in [-0.39, 0.29) is 17.4 Å². The van der Waals surface area contributed by atoms with Gasteiger partial charge in [-0.2, -0.15) is 13.7 Å². The average molecular weight is 444 g/mol. The molecule has 31 heavy (non-hydrogen) atoms. The molecule has 1 aliphatic rings. The van der Waals surface area contributed by atoms with E-state index in [1.54, 1.807) is 32.9 Å². The average Bonchev–Trinajstić information content (AvgIpc) is 2.96. The lowest BCUT2D eigenvalue weighted by Gasteiger charge is -2.22. The summed E-state index contributed by atoms with van der Waals surface area (Å²) in [6, 6.07) is 11.1. The Balaban J connectivity index is 2.09. The summed E-state index contributed by atoms with van der Waals surface area (Å²) >= 11 is 0. The third-order valence-electron chi connectivity index (χ3n) is 4.97. The highest BCUT2D eigenvalue weighted by Gasteiger charge is 2.37. The third kappa shape index (κ3) is 4.97. The van der Waals surface area contributed by atoms with Gasteiger partial charge in [0.15, 0.2) is 5.75 Å². The number of nitrogens with one attached hydrogen (secondary N) is 1. The van der Waals surface area contributed by atoms with Gasteiger partial charge in [0.05, 0.1) is 17.2 Å². The van der Waals surface area contributed by atoms with E-state index < -0.39 is 34.0 Å². The lowest BCUT2D eigenvalue weighted by atomic mass is 9.97. The van der Waals surface area contributed by atoms with Crippen molar-refractivity contribution in [1.29, 1.82) is 5.26 Å². The number of aryl methyl sites for hydroxylation is 1. The topological polar surface area (TPSA) is 117 Å². The first-order valence-electron chi connectivity index (χ1n) is 9.92. The molecule has 0 aliphatic carbocycles. The molecule has 1 unspecified atom stereocenters. The van der Waals surface area contributed by atoms with Crippen LogP contribution in [-0.2, 0) is 26.2 Å². The van der Waals surface area contributed by atoms with E-state index in [9.17, 15) is 18.0 Å². The smallest absolute Gasteiger partial charge is 0.326 e. The molecule has 9 heteroatoms. The van der Waals surface area contributed by atoms with Gasteiger partial charge in [0, 0.05) is 5.92 Å². The van der Waals surface area contributed by atoms with Gasteiger partial charge in [-0.25, -0.2) is 9.03 Å². The fourth-order valence-corrected chi connectivity index (χ4v) is 4.26. The van der Waals surface area contributed by atoms with Gasteiger partial charge in [-0.1, -0.05) is 18.2 Å². The van der Waals surface area contributed by atoms with Crippen LogP contribution < -0.4 is 13.8 Å². The van der Waals surface area contributed by atoms with E-state index >= 15 is 0 Å². The van der Waals surface area contributed by atoms with Crippen LogP contribution in [0.25, 0.3) is 10.8 Å². The van der Waals surface area contributed by atoms with Gasteiger partial charge in [-0.15, -0.1) is 0 Å².